The summed E-state index contributed by atoms with van der Waals surface area (Å²) in [5.74, 6) is 1.12. The SMILES string of the molecule is c1nc(N2CCCC2)c2cc(N3CCN(CCN4CCCC4)CC3)ccc2n1. The maximum Gasteiger partial charge on any atom is 0.139 e. The fourth-order valence-corrected chi connectivity index (χ4v) is 4.93. The van der Waals surface area contributed by atoms with Gasteiger partial charge in [-0.2, -0.15) is 0 Å². The van der Waals surface area contributed by atoms with Gasteiger partial charge in [-0.1, -0.05) is 0 Å². The molecule has 3 aliphatic rings. The third-order valence-corrected chi connectivity index (χ3v) is 6.67. The normalized spacial score (nSPS) is 21.9. The molecule has 1 aromatic carbocycles. The molecule has 0 bridgehead atoms. The minimum absolute atomic E-state index is 1.06. The summed E-state index contributed by atoms with van der Waals surface area (Å²) in [6.45, 7) is 11.9. The summed E-state index contributed by atoms with van der Waals surface area (Å²) in [4.78, 5) is 19.3. The van der Waals surface area contributed by atoms with Crippen LogP contribution in [0.4, 0.5) is 11.5 Å². The average molecular weight is 381 g/mol. The summed E-state index contributed by atoms with van der Waals surface area (Å²) < 4.78 is 0. The molecular weight excluding hydrogens is 348 g/mol. The molecule has 6 nitrogen and oxygen atoms in total. The predicted octanol–water partition coefficient (Wildman–Crippen LogP) is 2.45. The lowest BCUT2D eigenvalue weighted by Gasteiger charge is -2.37. The lowest BCUT2D eigenvalue weighted by atomic mass is 10.1. The van der Waals surface area contributed by atoms with Crippen LogP contribution >= 0.6 is 0 Å². The van der Waals surface area contributed by atoms with Crippen molar-refractivity contribution in [2.24, 2.45) is 0 Å². The Morgan fingerprint density at radius 2 is 1.36 bits per heavy atom. The van der Waals surface area contributed by atoms with Crippen molar-refractivity contribution in [3.05, 3.63) is 24.5 Å². The average Bonchev–Trinajstić information content (AvgIpc) is 3.46. The van der Waals surface area contributed by atoms with Crippen molar-refractivity contribution in [2.45, 2.75) is 25.7 Å². The number of rotatable bonds is 5. The summed E-state index contributed by atoms with van der Waals surface area (Å²) in [5.41, 5.74) is 2.38. The van der Waals surface area contributed by atoms with Crippen LogP contribution in [0.2, 0.25) is 0 Å². The largest absolute Gasteiger partial charge is 0.369 e. The number of aromatic nitrogens is 2. The molecule has 28 heavy (non-hydrogen) atoms. The smallest absolute Gasteiger partial charge is 0.139 e. The van der Waals surface area contributed by atoms with Crippen LogP contribution in [0.25, 0.3) is 10.9 Å². The number of likely N-dealkylation sites (tertiary alicyclic amines) is 1. The second-order valence-electron chi connectivity index (χ2n) is 8.47. The zero-order valence-electron chi connectivity index (χ0n) is 16.9. The number of hydrogen-bond donors (Lipinski definition) is 0. The van der Waals surface area contributed by atoms with Crippen molar-refractivity contribution >= 4 is 22.4 Å². The van der Waals surface area contributed by atoms with E-state index in [1.165, 1.54) is 62.9 Å². The lowest BCUT2D eigenvalue weighted by molar-refractivity contribution is 0.215. The topological polar surface area (TPSA) is 38.7 Å². The van der Waals surface area contributed by atoms with Gasteiger partial charge in [0.25, 0.3) is 0 Å². The molecule has 150 valence electrons. The number of piperazine rings is 1. The summed E-state index contributed by atoms with van der Waals surface area (Å²) >= 11 is 0. The zero-order valence-corrected chi connectivity index (χ0v) is 16.9. The van der Waals surface area contributed by atoms with Crippen LogP contribution in [0.5, 0.6) is 0 Å². The highest BCUT2D eigenvalue weighted by Crippen LogP contribution is 2.29. The van der Waals surface area contributed by atoms with Crippen molar-refractivity contribution in [3.63, 3.8) is 0 Å². The van der Waals surface area contributed by atoms with Gasteiger partial charge in [0.2, 0.25) is 0 Å². The van der Waals surface area contributed by atoms with Crippen molar-refractivity contribution in [1.29, 1.82) is 0 Å². The molecule has 0 unspecified atom stereocenters. The Bertz CT molecular complexity index is 789. The molecule has 0 spiro atoms. The monoisotopic (exact) mass is 380 g/mol. The molecule has 1 aromatic heterocycles. The van der Waals surface area contributed by atoms with E-state index < -0.39 is 0 Å². The number of anilines is 2. The Morgan fingerprint density at radius 1 is 0.679 bits per heavy atom. The first kappa shape index (κ1) is 18.1. The molecule has 0 amide bonds. The first-order chi connectivity index (χ1) is 13.9. The minimum Gasteiger partial charge on any atom is -0.369 e. The van der Waals surface area contributed by atoms with Crippen LogP contribution in [-0.4, -0.2) is 85.2 Å². The van der Waals surface area contributed by atoms with Gasteiger partial charge in [0.15, 0.2) is 0 Å². The van der Waals surface area contributed by atoms with Crippen LogP contribution < -0.4 is 9.80 Å². The third kappa shape index (κ3) is 3.80. The highest BCUT2D eigenvalue weighted by molar-refractivity contribution is 5.92. The van der Waals surface area contributed by atoms with Crippen molar-refractivity contribution in [2.75, 3.05) is 75.2 Å². The Morgan fingerprint density at radius 3 is 2.11 bits per heavy atom. The van der Waals surface area contributed by atoms with Gasteiger partial charge < -0.3 is 14.7 Å². The maximum absolute atomic E-state index is 4.63. The molecule has 5 rings (SSSR count). The quantitative estimate of drug-likeness (QED) is 0.793. The minimum atomic E-state index is 1.06. The molecule has 0 N–H and O–H groups in total. The van der Waals surface area contributed by atoms with Gasteiger partial charge in [0.1, 0.15) is 12.1 Å². The molecule has 3 saturated heterocycles. The van der Waals surface area contributed by atoms with Crippen LogP contribution in [0.3, 0.4) is 0 Å². The second kappa shape index (κ2) is 8.21. The lowest BCUT2D eigenvalue weighted by Crippen LogP contribution is -2.48. The van der Waals surface area contributed by atoms with Gasteiger partial charge in [-0.3, -0.25) is 4.90 Å². The fourth-order valence-electron chi connectivity index (χ4n) is 4.93. The van der Waals surface area contributed by atoms with E-state index in [0.29, 0.717) is 0 Å². The highest BCUT2D eigenvalue weighted by Gasteiger charge is 2.21. The molecule has 0 radical (unpaired) electrons. The maximum atomic E-state index is 4.63. The van der Waals surface area contributed by atoms with Crippen molar-refractivity contribution in [3.8, 4) is 0 Å². The Balaban J connectivity index is 1.25. The van der Waals surface area contributed by atoms with E-state index in [2.05, 4.69) is 47.8 Å². The third-order valence-electron chi connectivity index (χ3n) is 6.67. The van der Waals surface area contributed by atoms with Gasteiger partial charge in [-0.05, 0) is 57.0 Å². The molecule has 0 saturated carbocycles. The summed E-state index contributed by atoms with van der Waals surface area (Å²) in [6.07, 6.45) is 7.03. The van der Waals surface area contributed by atoms with Gasteiger partial charge in [-0.15, -0.1) is 0 Å². The Labute approximate surface area is 168 Å². The molecule has 4 heterocycles. The number of hydrogen-bond acceptors (Lipinski definition) is 6. The highest BCUT2D eigenvalue weighted by atomic mass is 15.3. The molecule has 3 fully saturated rings. The van der Waals surface area contributed by atoms with Crippen LogP contribution in [0, 0.1) is 0 Å². The standard InChI is InChI=1S/C22H32N6/c1-2-8-25(7-1)11-12-26-13-15-27(16-14-26)19-5-6-21-20(17-19)22(24-18-23-21)28-9-3-4-10-28/h5-6,17-18H,1-4,7-16H2. The molecule has 6 heteroatoms. The van der Waals surface area contributed by atoms with Crippen LogP contribution in [-0.2, 0) is 0 Å². The summed E-state index contributed by atoms with van der Waals surface area (Å²) in [6, 6.07) is 6.73. The molecular formula is C22H32N6. The number of benzene rings is 1. The predicted molar refractivity (Wildman–Crippen MR) is 115 cm³/mol. The van der Waals surface area contributed by atoms with E-state index >= 15 is 0 Å². The first-order valence-electron chi connectivity index (χ1n) is 11.1. The molecule has 0 aliphatic carbocycles. The van der Waals surface area contributed by atoms with E-state index in [4.69, 9.17) is 0 Å². The van der Waals surface area contributed by atoms with Crippen molar-refractivity contribution < 1.29 is 0 Å². The van der Waals surface area contributed by atoms with Crippen molar-refractivity contribution in [1.82, 2.24) is 19.8 Å². The second-order valence-corrected chi connectivity index (χ2v) is 8.47. The van der Waals surface area contributed by atoms with Gasteiger partial charge in [-0.25, -0.2) is 9.97 Å². The first-order valence-corrected chi connectivity index (χ1v) is 11.1. The molecule has 3 aliphatic heterocycles. The van der Waals surface area contributed by atoms with E-state index in [1.807, 2.05) is 0 Å². The van der Waals surface area contributed by atoms with Crippen LogP contribution in [0.1, 0.15) is 25.7 Å². The Hall–Kier alpha value is -1.92. The Kier molecular flexibility index (Phi) is 5.32. The molecule has 2 aromatic rings. The summed E-state index contributed by atoms with van der Waals surface area (Å²) in [5, 5.41) is 1.21. The van der Waals surface area contributed by atoms with Gasteiger partial charge >= 0.3 is 0 Å². The van der Waals surface area contributed by atoms with E-state index in [1.54, 1.807) is 6.33 Å². The molecule has 0 atom stereocenters. The van der Waals surface area contributed by atoms with E-state index in [0.717, 1.165) is 50.6 Å². The zero-order chi connectivity index (χ0) is 18.8. The summed E-state index contributed by atoms with van der Waals surface area (Å²) in [7, 11) is 0. The van der Waals surface area contributed by atoms with Crippen LogP contribution in [0.15, 0.2) is 24.5 Å². The van der Waals surface area contributed by atoms with E-state index in [9.17, 15) is 0 Å². The number of fused-ring (bicyclic) bond motifs is 1. The fraction of sp³-hybridized carbons (Fsp3) is 0.636. The van der Waals surface area contributed by atoms with Gasteiger partial charge in [0.05, 0.1) is 5.52 Å². The van der Waals surface area contributed by atoms with E-state index in [-0.39, 0.29) is 0 Å². The van der Waals surface area contributed by atoms with Gasteiger partial charge in [0, 0.05) is 63.4 Å². The number of nitrogens with zero attached hydrogens (tertiary/aromatic N) is 6.